The Hall–Kier alpha value is -3.35. The van der Waals surface area contributed by atoms with Crippen molar-refractivity contribution >= 4 is 5.71 Å². The molecule has 4 nitrogen and oxygen atoms in total. The summed E-state index contributed by atoms with van der Waals surface area (Å²) in [6.07, 6.45) is -4.57. The Morgan fingerprint density at radius 1 is 1.04 bits per heavy atom. The Kier molecular flexibility index (Phi) is 4.61. The van der Waals surface area contributed by atoms with Gasteiger partial charge in [-0.1, -0.05) is 42.5 Å². The molecule has 0 saturated heterocycles. The lowest BCUT2D eigenvalue weighted by atomic mass is 9.99. The van der Waals surface area contributed by atoms with Gasteiger partial charge in [-0.15, -0.1) is 0 Å². The van der Waals surface area contributed by atoms with E-state index in [2.05, 4.69) is 0 Å². The van der Waals surface area contributed by atoms with Crippen LogP contribution in [-0.4, -0.2) is 15.4 Å². The first-order valence-electron chi connectivity index (χ1n) is 7.95. The quantitative estimate of drug-likeness (QED) is 0.677. The van der Waals surface area contributed by atoms with Gasteiger partial charge in [-0.05, 0) is 17.7 Å². The number of rotatable bonds is 3. The van der Waals surface area contributed by atoms with E-state index in [-0.39, 0.29) is 11.1 Å². The first kappa shape index (κ1) is 18.4. The molecule has 0 atom stereocenters. The van der Waals surface area contributed by atoms with Crippen LogP contribution in [0.4, 0.5) is 13.2 Å². The number of nitrogens with one attached hydrogen (secondary N) is 1. The fraction of sp³-hybridized carbons (Fsp3) is 0.100. The molecule has 0 amide bonds. The molecule has 7 heteroatoms. The number of aromatic hydroxyl groups is 1. The van der Waals surface area contributed by atoms with Crippen molar-refractivity contribution in [3.05, 3.63) is 87.7 Å². The second kappa shape index (κ2) is 6.75. The summed E-state index contributed by atoms with van der Waals surface area (Å²) in [5, 5.41) is 18.5. The van der Waals surface area contributed by atoms with Crippen molar-refractivity contribution in [1.29, 1.82) is 5.41 Å². The van der Waals surface area contributed by atoms with E-state index in [1.54, 1.807) is 30.3 Å². The smallest absolute Gasteiger partial charge is 0.416 e. The van der Waals surface area contributed by atoms with Gasteiger partial charge in [-0.25, -0.2) is 0 Å². The first-order chi connectivity index (χ1) is 12.7. The first-order valence-corrected chi connectivity index (χ1v) is 7.95. The molecule has 0 aliphatic heterocycles. The average Bonchev–Trinajstić information content (AvgIpc) is 2.65. The van der Waals surface area contributed by atoms with E-state index in [1.165, 1.54) is 23.7 Å². The largest absolute Gasteiger partial charge is 0.507 e. The van der Waals surface area contributed by atoms with Gasteiger partial charge in [0.15, 0.2) is 0 Å². The van der Waals surface area contributed by atoms with E-state index >= 15 is 0 Å². The SMILES string of the molecule is Cn1c(-c2ccccc2)cc(O)c(C(=N)c2cccc(C(F)(F)F)c2)c1=O. The highest BCUT2D eigenvalue weighted by Crippen LogP contribution is 2.31. The second-order valence-electron chi connectivity index (χ2n) is 5.97. The van der Waals surface area contributed by atoms with E-state index in [0.717, 1.165) is 18.2 Å². The third-order valence-electron chi connectivity index (χ3n) is 4.21. The van der Waals surface area contributed by atoms with Gasteiger partial charge in [0, 0.05) is 18.7 Å². The Labute approximate surface area is 152 Å². The summed E-state index contributed by atoms with van der Waals surface area (Å²) in [6.45, 7) is 0. The highest BCUT2D eigenvalue weighted by molar-refractivity contribution is 6.12. The maximum atomic E-state index is 12.9. The highest BCUT2D eigenvalue weighted by atomic mass is 19.4. The van der Waals surface area contributed by atoms with Crippen molar-refractivity contribution in [2.45, 2.75) is 6.18 Å². The summed E-state index contributed by atoms with van der Waals surface area (Å²) >= 11 is 0. The minimum Gasteiger partial charge on any atom is -0.507 e. The zero-order valence-electron chi connectivity index (χ0n) is 14.2. The number of nitrogens with zero attached hydrogens (tertiary/aromatic N) is 1. The zero-order chi connectivity index (χ0) is 19.8. The highest BCUT2D eigenvalue weighted by Gasteiger charge is 2.31. The summed E-state index contributed by atoms with van der Waals surface area (Å²) in [5.74, 6) is -0.459. The van der Waals surface area contributed by atoms with Gasteiger partial charge in [0.25, 0.3) is 5.56 Å². The summed E-state index contributed by atoms with van der Waals surface area (Å²) < 4.78 is 40.0. The molecule has 1 heterocycles. The molecule has 2 N–H and O–H groups in total. The fourth-order valence-corrected chi connectivity index (χ4v) is 2.80. The normalized spacial score (nSPS) is 11.4. The van der Waals surface area contributed by atoms with E-state index < -0.39 is 28.8 Å². The fourth-order valence-electron chi connectivity index (χ4n) is 2.80. The number of pyridine rings is 1. The number of halogens is 3. The van der Waals surface area contributed by atoms with Crippen LogP contribution in [0.1, 0.15) is 16.7 Å². The van der Waals surface area contributed by atoms with Crippen molar-refractivity contribution in [2.75, 3.05) is 0 Å². The average molecular weight is 372 g/mol. The Morgan fingerprint density at radius 3 is 2.33 bits per heavy atom. The van der Waals surface area contributed by atoms with Gasteiger partial charge in [-0.2, -0.15) is 13.2 Å². The van der Waals surface area contributed by atoms with E-state index in [4.69, 9.17) is 5.41 Å². The minimum atomic E-state index is -4.57. The second-order valence-corrected chi connectivity index (χ2v) is 5.97. The monoisotopic (exact) mass is 372 g/mol. The van der Waals surface area contributed by atoms with Crippen LogP contribution in [0.25, 0.3) is 11.3 Å². The van der Waals surface area contributed by atoms with Crippen molar-refractivity contribution in [2.24, 2.45) is 7.05 Å². The van der Waals surface area contributed by atoms with Crippen LogP contribution < -0.4 is 5.56 Å². The molecule has 0 saturated carbocycles. The topological polar surface area (TPSA) is 66.1 Å². The molecule has 0 radical (unpaired) electrons. The number of hydrogen-bond acceptors (Lipinski definition) is 3. The maximum absolute atomic E-state index is 12.9. The molecule has 2 aromatic carbocycles. The molecule has 0 bridgehead atoms. The predicted octanol–water partition coefficient (Wildman–Crippen LogP) is 4.19. The van der Waals surface area contributed by atoms with Crippen LogP contribution >= 0.6 is 0 Å². The molecule has 0 aliphatic rings. The van der Waals surface area contributed by atoms with Crippen LogP contribution in [-0.2, 0) is 13.2 Å². The Balaban J connectivity index is 2.12. The molecule has 0 unspecified atom stereocenters. The lowest BCUT2D eigenvalue weighted by Crippen LogP contribution is -2.26. The number of benzene rings is 2. The van der Waals surface area contributed by atoms with E-state index in [9.17, 15) is 23.1 Å². The third-order valence-corrected chi connectivity index (χ3v) is 4.21. The molecule has 3 aromatic rings. The summed E-state index contributed by atoms with van der Waals surface area (Å²) in [6, 6.07) is 14.3. The standard InChI is InChI=1S/C20H15F3N2O2/c1-25-15(12-6-3-2-4-7-12)11-16(26)17(19(25)27)18(24)13-8-5-9-14(10-13)20(21,22)23/h2-11,24,26H,1H3. The van der Waals surface area contributed by atoms with Crippen molar-refractivity contribution < 1.29 is 18.3 Å². The van der Waals surface area contributed by atoms with Crippen LogP contribution in [0.15, 0.2) is 65.5 Å². The van der Waals surface area contributed by atoms with Crippen LogP contribution in [0.2, 0.25) is 0 Å². The molecular formula is C20H15F3N2O2. The third kappa shape index (κ3) is 3.48. The van der Waals surface area contributed by atoms with E-state index in [1.807, 2.05) is 0 Å². The molecular weight excluding hydrogens is 357 g/mol. The van der Waals surface area contributed by atoms with Gasteiger partial charge in [-0.3, -0.25) is 10.2 Å². The van der Waals surface area contributed by atoms with Crippen molar-refractivity contribution in [3.8, 4) is 17.0 Å². The number of aromatic nitrogens is 1. The van der Waals surface area contributed by atoms with Crippen LogP contribution in [0, 0.1) is 5.41 Å². The van der Waals surface area contributed by atoms with Crippen molar-refractivity contribution in [1.82, 2.24) is 4.57 Å². The summed E-state index contributed by atoms with van der Waals surface area (Å²) in [5.41, 5.74) is -1.42. The van der Waals surface area contributed by atoms with Crippen LogP contribution in [0.3, 0.4) is 0 Å². The Bertz CT molecular complexity index is 1070. The van der Waals surface area contributed by atoms with Gasteiger partial charge < -0.3 is 9.67 Å². The number of alkyl halides is 3. The van der Waals surface area contributed by atoms with Crippen LogP contribution in [0.5, 0.6) is 5.75 Å². The minimum absolute atomic E-state index is 0.107. The Morgan fingerprint density at radius 2 is 1.70 bits per heavy atom. The van der Waals surface area contributed by atoms with Gasteiger partial charge >= 0.3 is 6.18 Å². The lowest BCUT2D eigenvalue weighted by Gasteiger charge is -2.14. The molecule has 0 fully saturated rings. The molecule has 27 heavy (non-hydrogen) atoms. The summed E-state index contributed by atoms with van der Waals surface area (Å²) in [4.78, 5) is 12.7. The molecule has 3 rings (SSSR count). The molecule has 0 spiro atoms. The van der Waals surface area contributed by atoms with Gasteiger partial charge in [0.2, 0.25) is 0 Å². The zero-order valence-corrected chi connectivity index (χ0v) is 14.2. The maximum Gasteiger partial charge on any atom is 0.416 e. The molecule has 1 aromatic heterocycles. The molecule has 0 aliphatic carbocycles. The van der Waals surface area contributed by atoms with E-state index in [0.29, 0.717) is 11.3 Å². The van der Waals surface area contributed by atoms with Gasteiger partial charge in [0.1, 0.15) is 11.3 Å². The summed E-state index contributed by atoms with van der Waals surface area (Å²) in [7, 11) is 1.48. The number of hydrogen-bond donors (Lipinski definition) is 2. The molecule has 138 valence electrons. The van der Waals surface area contributed by atoms with Gasteiger partial charge in [0.05, 0.1) is 17.0 Å². The van der Waals surface area contributed by atoms with Crippen molar-refractivity contribution in [3.63, 3.8) is 0 Å². The lowest BCUT2D eigenvalue weighted by molar-refractivity contribution is -0.137. The predicted molar refractivity (Wildman–Crippen MR) is 96.2 cm³/mol.